The van der Waals surface area contributed by atoms with Crippen LogP contribution in [0.4, 0.5) is 26.3 Å². The number of hydrogen-bond acceptors (Lipinski definition) is 4. The van der Waals surface area contributed by atoms with Crippen molar-refractivity contribution >= 4 is 12.2 Å². The first-order valence-corrected chi connectivity index (χ1v) is 7.84. The zero-order valence-electron chi connectivity index (χ0n) is 14.2. The van der Waals surface area contributed by atoms with E-state index in [9.17, 15) is 26.3 Å². The summed E-state index contributed by atoms with van der Waals surface area (Å²) in [4.78, 5) is 4.18. The van der Waals surface area contributed by atoms with Crippen LogP contribution in [-0.2, 0) is 12.4 Å². The average Bonchev–Trinajstić information content (AvgIpc) is 3.14. The molecule has 0 aliphatic rings. The Hall–Kier alpha value is -3.68. The third-order valence-corrected chi connectivity index (χ3v) is 3.72. The van der Waals surface area contributed by atoms with Crippen molar-refractivity contribution in [1.29, 1.82) is 5.26 Å². The van der Waals surface area contributed by atoms with Gasteiger partial charge in [-0.25, -0.2) is 4.98 Å². The summed E-state index contributed by atoms with van der Waals surface area (Å²) < 4.78 is 77.6. The lowest BCUT2D eigenvalue weighted by atomic mass is 10.0. The lowest BCUT2D eigenvalue weighted by Crippen LogP contribution is -2.11. The number of hydrogen-bond donors (Lipinski definition) is 1. The van der Waals surface area contributed by atoms with Gasteiger partial charge in [0.15, 0.2) is 5.69 Å². The summed E-state index contributed by atoms with van der Waals surface area (Å²) in [5, 5.41) is 18.7. The highest BCUT2D eigenvalue weighted by molar-refractivity contribution is 5.70. The fraction of sp³-hybridized carbons (Fsp3) is 0.111. The van der Waals surface area contributed by atoms with Crippen molar-refractivity contribution in [1.82, 2.24) is 20.4 Å². The molecule has 148 valence electrons. The van der Waals surface area contributed by atoms with Crippen LogP contribution in [0.1, 0.15) is 28.1 Å². The lowest BCUT2D eigenvalue weighted by Gasteiger charge is -2.12. The number of nitrogens with one attached hydrogen (secondary N) is 1. The molecule has 0 radical (unpaired) electrons. The third-order valence-electron chi connectivity index (χ3n) is 3.72. The molecule has 3 rings (SSSR count). The summed E-state index contributed by atoms with van der Waals surface area (Å²) in [6, 6.07) is 7.67. The average molecular weight is 409 g/mol. The van der Waals surface area contributed by atoms with Gasteiger partial charge in [0, 0.05) is 0 Å². The molecule has 0 atom stereocenters. The Balaban J connectivity index is 1.98. The summed E-state index contributed by atoms with van der Waals surface area (Å²) in [6.07, 6.45) is -7.51. The Morgan fingerprint density at radius 2 is 1.55 bits per heavy atom. The van der Waals surface area contributed by atoms with Crippen LogP contribution in [0.2, 0.25) is 0 Å². The maximum Gasteiger partial charge on any atom is 0.416 e. The topological polar surface area (TPSA) is 78.2 Å². The summed E-state index contributed by atoms with van der Waals surface area (Å²) in [5.74, 6) is 0. The standard InChI is InChI=1S/C18H9F6N5/c19-17(20,21)11-6-10(7-12(8-11)18(22,23)24)4-5-13-2-1-3-14(26-13)16-15(9-25)27-29-28-16/h1-8H,(H,27,28,29)/b5-4+. The lowest BCUT2D eigenvalue weighted by molar-refractivity contribution is -0.143. The minimum atomic E-state index is -4.93. The third kappa shape index (κ3) is 4.60. The molecule has 1 N–H and O–H groups in total. The van der Waals surface area contributed by atoms with Crippen LogP contribution in [-0.4, -0.2) is 20.4 Å². The van der Waals surface area contributed by atoms with E-state index in [2.05, 4.69) is 20.4 Å². The van der Waals surface area contributed by atoms with Gasteiger partial charge >= 0.3 is 12.4 Å². The largest absolute Gasteiger partial charge is 0.416 e. The summed E-state index contributed by atoms with van der Waals surface area (Å²) in [6.45, 7) is 0. The molecule has 0 spiro atoms. The number of aromatic nitrogens is 4. The number of pyridine rings is 1. The van der Waals surface area contributed by atoms with Crippen molar-refractivity contribution in [3.63, 3.8) is 0 Å². The fourth-order valence-electron chi connectivity index (χ4n) is 2.42. The quantitative estimate of drug-likeness (QED) is 0.621. The zero-order valence-corrected chi connectivity index (χ0v) is 14.2. The fourth-order valence-corrected chi connectivity index (χ4v) is 2.42. The highest BCUT2D eigenvalue weighted by Crippen LogP contribution is 2.36. The van der Waals surface area contributed by atoms with Crippen LogP contribution in [0.15, 0.2) is 36.4 Å². The zero-order chi connectivity index (χ0) is 21.2. The van der Waals surface area contributed by atoms with Gasteiger partial charge in [0.1, 0.15) is 11.8 Å². The number of aromatic amines is 1. The van der Waals surface area contributed by atoms with Crippen LogP contribution in [0.25, 0.3) is 23.5 Å². The molecule has 0 saturated heterocycles. The van der Waals surface area contributed by atoms with E-state index in [0.29, 0.717) is 12.1 Å². The molecule has 0 fully saturated rings. The van der Waals surface area contributed by atoms with Gasteiger partial charge in [-0.3, -0.25) is 0 Å². The van der Waals surface area contributed by atoms with Crippen LogP contribution in [0, 0.1) is 11.3 Å². The molecule has 0 aliphatic carbocycles. The normalized spacial score (nSPS) is 12.3. The van der Waals surface area contributed by atoms with E-state index in [1.165, 1.54) is 18.2 Å². The Labute approximate surface area is 159 Å². The van der Waals surface area contributed by atoms with Gasteiger partial charge in [0.25, 0.3) is 0 Å². The second-order valence-corrected chi connectivity index (χ2v) is 5.75. The van der Waals surface area contributed by atoms with E-state index in [1.54, 1.807) is 6.07 Å². The van der Waals surface area contributed by atoms with Gasteiger partial charge < -0.3 is 0 Å². The predicted molar refractivity (Wildman–Crippen MR) is 89.7 cm³/mol. The SMILES string of the molecule is N#Cc1n[nH]nc1-c1cccc(/C=C/c2cc(C(F)(F)F)cc(C(F)(F)F)c2)n1. The summed E-state index contributed by atoms with van der Waals surface area (Å²) >= 11 is 0. The van der Waals surface area contributed by atoms with Crippen molar-refractivity contribution in [3.8, 4) is 17.5 Å². The van der Waals surface area contributed by atoms with Crippen molar-refractivity contribution in [2.75, 3.05) is 0 Å². The van der Waals surface area contributed by atoms with Crippen molar-refractivity contribution in [2.45, 2.75) is 12.4 Å². The van der Waals surface area contributed by atoms with Crippen molar-refractivity contribution < 1.29 is 26.3 Å². The Morgan fingerprint density at radius 3 is 2.14 bits per heavy atom. The predicted octanol–water partition coefficient (Wildman–Crippen LogP) is 4.95. The first kappa shape index (κ1) is 20.1. The summed E-state index contributed by atoms with van der Waals surface area (Å²) in [7, 11) is 0. The monoisotopic (exact) mass is 409 g/mol. The van der Waals surface area contributed by atoms with E-state index in [-0.39, 0.29) is 34.4 Å². The van der Waals surface area contributed by atoms with Crippen molar-refractivity contribution in [2.24, 2.45) is 0 Å². The van der Waals surface area contributed by atoms with Gasteiger partial charge in [-0.15, -0.1) is 5.10 Å². The number of benzene rings is 1. The number of nitriles is 1. The van der Waals surface area contributed by atoms with Gasteiger partial charge in [0.2, 0.25) is 0 Å². The van der Waals surface area contributed by atoms with Crippen molar-refractivity contribution in [3.05, 3.63) is 64.5 Å². The molecule has 0 bridgehead atoms. The molecule has 1 aromatic carbocycles. The van der Waals surface area contributed by atoms with Crippen LogP contribution in [0.5, 0.6) is 0 Å². The van der Waals surface area contributed by atoms with E-state index in [4.69, 9.17) is 5.26 Å². The smallest absolute Gasteiger partial charge is 0.247 e. The van der Waals surface area contributed by atoms with E-state index >= 15 is 0 Å². The molecule has 0 amide bonds. The Morgan fingerprint density at radius 1 is 0.897 bits per heavy atom. The van der Waals surface area contributed by atoms with Gasteiger partial charge in [-0.1, -0.05) is 12.1 Å². The van der Waals surface area contributed by atoms with Gasteiger partial charge in [-0.05, 0) is 42.0 Å². The number of nitrogens with zero attached hydrogens (tertiary/aromatic N) is 4. The highest BCUT2D eigenvalue weighted by atomic mass is 19.4. The van der Waals surface area contributed by atoms with Crippen LogP contribution in [0.3, 0.4) is 0 Å². The van der Waals surface area contributed by atoms with Gasteiger partial charge in [-0.2, -0.15) is 41.9 Å². The molecule has 2 aromatic heterocycles. The number of H-pyrrole nitrogens is 1. The van der Waals surface area contributed by atoms with E-state index in [1.807, 2.05) is 6.07 Å². The second kappa shape index (κ2) is 7.38. The summed E-state index contributed by atoms with van der Waals surface area (Å²) in [5.41, 5.74) is -2.45. The van der Waals surface area contributed by atoms with E-state index in [0.717, 1.165) is 6.08 Å². The van der Waals surface area contributed by atoms with Crippen LogP contribution >= 0.6 is 0 Å². The molecule has 0 aliphatic heterocycles. The Kier molecular flexibility index (Phi) is 5.11. The molecule has 29 heavy (non-hydrogen) atoms. The molecular weight excluding hydrogens is 400 g/mol. The van der Waals surface area contributed by atoms with E-state index < -0.39 is 23.5 Å². The molecular formula is C18H9F6N5. The number of rotatable bonds is 3. The van der Waals surface area contributed by atoms with Crippen LogP contribution < -0.4 is 0 Å². The maximum atomic E-state index is 12.9. The highest BCUT2D eigenvalue weighted by Gasteiger charge is 2.36. The Bertz CT molecular complexity index is 1070. The number of halogens is 6. The number of alkyl halides is 6. The minimum absolute atomic E-state index is 0.00803. The molecule has 0 unspecified atom stereocenters. The first-order valence-electron chi connectivity index (χ1n) is 7.84. The molecule has 2 heterocycles. The second-order valence-electron chi connectivity index (χ2n) is 5.75. The molecule has 3 aromatic rings. The van der Waals surface area contributed by atoms with Gasteiger partial charge in [0.05, 0.1) is 22.5 Å². The molecule has 11 heteroatoms. The minimum Gasteiger partial charge on any atom is -0.247 e. The first-order chi connectivity index (χ1) is 13.6. The molecule has 0 saturated carbocycles. The molecule has 5 nitrogen and oxygen atoms in total. The maximum absolute atomic E-state index is 12.9.